The van der Waals surface area contributed by atoms with Gasteiger partial charge in [0, 0.05) is 6.42 Å². The molecule has 0 heterocycles. The predicted molar refractivity (Wildman–Crippen MR) is 43.3 cm³/mol. The van der Waals surface area contributed by atoms with Crippen LogP contribution in [0.5, 0.6) is 0 Å². The maximum absolute atomic E-state index is 11.8. The van der Waals surface area contributed by atoms with Crippen LogP contribution in [0.3, 0.4) is 0 Å². The second-order valence-electron chi connectivity index (χ2n) is 3.55. The van der Waals surface area contributed by atoms with Crippen LogP contribution in [0.25, 0.3) is 0 Å². The summed E-state index contributed by atoms with van der Waals surface area (Å²) < 4.78 is 35.5. The molecule has 0 rings (SSSR count). The molecule has 0 spiro atoms. The number of carboxylic acid groups (broad SMARTS) is 2. The number of aliphatic carboxylic acids is 2. The minimum atomic E-state index is -4.48. The van der Waals surface area contributed by atoms with Gasteiger partial charge < -0.3 is 10.2 Å². The Morgan fingerprint density at radius 3 is 1.87 bits per heavy atom. The number of carboxylic acids is 2. The minimum absolute atomic E-state index is 0.738. The lowest BCUT2D eigenvalue weighted by atomic mass is 9.82. The Labute approximate surface area is 83.7 Å². The molecule has 0 radical (unpaired) electrons. The zero-order valence-electron chi connectivity index (χ0n) is 7.97. The van der Waals surface area contributed by atoms with Crippen LogP contribution in [0, 0.1) is 5.41 Å². The molecule has 0 aliphatic rings. The number of halogens is 3. The number of alkyl halides is 3. The van der Waals surface area contributed by atoms with Crippen molar-refractivity contribution in [3.05, 3.63) is 0 Å². The van der Waals surface area contributed by atoms with Gasteiger partial charge in [0.1, 0.15) is 0 Å². The SMILES string of the molecule is CC(CCC(F)(F)F)(CC(=O)O)C(=O)O. The lowest BCUT2D eigenvalue weighted by Gasteiger charge is -2.23. The van der Waals surface area contributed by atoms with E-state index in [0.717, 1.165) is 6.92 Å². The molecule has 1 unspecified atom stereocenters. The summed E-state index contributed by atoms with van der Waals surface area (Å²) in [6.45, 7) is 0.995. The van der Waals surface area contributed by atoms with Crippen molar-refractivity contribution < 1.29 is 33.0 Å². The molecule has 0 aliphatic carbocycles. The topological polar surface area (TPSA) is 74.6 Å². The van der Waals surface area contributed by atoms with Crippen LogP contribution >= 0.6 is 0 Å². The maximum atomic E-state index is 11.8. The van der Waals surface area contributed by atoms with E-state index in [2.05, 4.69) is 0 Å². The van der Waals surface area contributed by atoms with E-state index < -0.39 is 42.8 Å². The smallest absolute Gasteiger partial charge is 0.389 e. The molecule has 2 N–H and O–H groups in total. The molecule has 0 bridgehead atoms. The molecule has 0 amide bonds. The van der Waals surface area contributed by atoms with Gasteiger partial charge in [0.05, 0.1) is 11.8 Å². The van der Waals surface area contributed by atoms with E-state index in [4.69, 9.17) is 10.2 Å². The van der Waals surface area contributed by atoms with Crippen LogP contribution in [0.1, 0.15) is 26.2 Å². The Kier molecular flexibility index (Phi) is 4.12. The van der Waals surface area contributed by atoms with E-state index in [0.29, 0.717) is 0 Å². The summed E-state index contributed by atoms with van der Waals surface area (Å²) in [5.74, 6) is -2.96. The second kappa shape index (κ2) is 4.50. The van der Waals surface area contributed by atoms with E-state index >= 15 is 0 Å². The summed E-state index contributed by atoms with van der Waals surface area (Å²) in [6, 6.07) is 0. The first-order valence-corrected chi connectivity index (χ1v) is 4.09. The molecule has 88 valence electrons. The van der Waals surface area contributed by atoms with Crippen molar-refractivity contribution in [2.45, 2.75) is 32.4 Å². The molecule has 7 heteroatoms. The van der Waals surface area contributed by atoms with E-state index in [1.54, 1.807) is 0 Å². The Morgan fingerprint density at radius 2 is 1.60 bits per heavy atom. The van der Waals surface area contributed by atoms with Crippen LogP contribution < -0.4 is 0 Å². The van der Waals surface area contributed by atoms with Crippen molar-refractivity contribution in [2.24, 2.45) is 5.41 Å². The van der Waals surface area contributed by atoms with Gasteiger partial charge in [-0.25, -0.2) is 0 Å². The van der Waals surface area contributed by atoms with Crippen molar-refractivity contribution >= 4 is 11.9 Å². The molecule has 15 heavy (non-hydrogen) atoms. The van der Waals surface area contributed by atoms with Crippen molar-refractivity contribution in [3.63, 3.8) is 0 Å². The van der Waals surface area contributed by atoms with E-state index in [-0.39, 0.29) is 0 Å². The highest BCUT2D eigenvalue weighted by Crippen LogP contribution is 2.33. The Morgan fingerprint density at radius 1 is 1.13 bits per heavy atom. The monoisotopic (exact) mass is 228 g/mol. The van der Waals surface area contributed by atoms with E-state index in [9.17, 15) is 22.8 Å². The fraction of sp³-hybridized carbons (Fsp3) is 0.750. The Hall–Kier alpha value is -1.27. The summed E-state index contributed by atoms with van der Waals surface area (Å²) in [4.78, 5) is 20.9. The van der Waals surface area contributed by atoms with Gasteiger partial charge in [-0.3, -0.25) is 9.59 Å². The van der Waals surface area contributed by atoms with Gasteiger partial charge in [-0.1, -0.05) is 0 Å². The molecule has 0 aromatic carbocycles. The van der Waals surface area contributed by atoms with Crippen molar-refractivity contribution in [1.29, 1.82) is 0 Å². The van der Waals surface area contributed by atoms with Crippen LogP contribution in [-0.4, -0.2) is 28.3 Å². The van der Waals surface area contributed by atoms with Gasteiger partial charge in [-0.05, 0) is 13.3 Å². The molecule has 0 fully saturated rings. The van der Waals surface area contributed by atoms with E-state index in [1.807, 2.05) is 0 Å². The molecular formula is C8H11F3O4. The Bertz CT molecular complexity index is 261. The van der Waals surface area contributed by atoms with Crippen LogP contribution in [0.15, 0.2) is 0 Å². The number of hydrogen-bond donors (Lipinski definition) is 2. The number of hydrogen-bond acceptors (Lipinski definition) is 2. The first-order valence-electron chi connectivity index (χ1n) is 4.09. The third kappa shape index (κ3) is 5.24. The highest BCUT2D eigenvalue weighted by molar-refractivity contribution is 5.80. The summed E-state index contributed by atoms with van der Waals surface area (Å²) in [5, 5.41) is 17.0. The van der Waals surface area contributed by atoms with Crippen molar-refractivity contribution in [1.82, 2.24) is 0 Å². The van der Waals surface area contributed by atoms with Crippen molar-refractivity contribution in [3.8, 4) is 0 Å². The van der Waals surface area contributed by atoms with Crippen molar-refractivity contribution in [2.75, 3.05) is 0 Å². The number of rotatable bonds is 5. The lowest BCUT2D eigenvalue weighted by molar-refractivity contribution is -0.162. The average molecular weight is 228 g/mol. The summed E-state index contributed by atoms with van der Waals surface area (Å²) in [7, 11) is 0. The van der Waals surface area contributed by atoms with Gasteiger partial charge in [0.15, 0.2) is 0 Å². The fourth-order valence-corrected chi connectivity index (χ4v) is 1.02. The fourth-order valence-electron chi connectivity index (χ4n) is 1.02. The highest BCUT2D eigenvalue weighted by atomic mass is 19.4. The molecule has 0 aliphatic heterocycles. The van der Waals surface area contributed by atoms with Gasteiger partial charge in [0.2, 0.25) is 0 Å². The zero-order valence-corrected chi connectivity index (χ0v) is 7.97. The van der Waals surface area contributed by atoms with Crippen LogP contribution in [-0.2, 0) is 9.59 Å². The Balaban J connectivity index is 4.53. The third-order valence-electron chi connectivity index (χ3n) is 2.02. The maximum Gasteiger partial charge on any atom is 0.389 e. The lowest BCUT2D eigenvalue weighted by Crippen LogP contribution is -2.32. The summed E-state index contributed by atoms with van der Waals surface area (Å²) >= 11 is 0. The molecule has 4 nitrogen and oxygen atoms in total. The minimum Gasteiger partial charge on any atom is -0.481 e. The predicted octanol–water partition coefficient (Wildman–Crippen LogP) is 1.89. The largest absolute Gasteiger partial charge is 0.481 e. The third-order valence-corrected chi connectivity index (χ3v) is 2.02. The van der Waals surface area contributed by atoms with Gasteiger partial charge in [0.25, 0.3) is 0 Å². The normalized spacial score (nSPS) is 15.7. The molecular weight excluding hydrogens is 217 g/mol. The second-order valence-corrected chi connectivity index (χ2v) is 3.55. The first kappa shape index (κ1) is 13.7. The van der Waals surface area contributed by atoms with E-state index in [1.165, 1.54) is 0 Å². The average Bonchev–Trinajstić information content (AvgIpc) is 1.98. The molecule has 0 aromatic rings. The number of carbonyl (C=O) groups is 2. The first-order chi connectivity index (χ1) is 6.57. The summed E-state index contributed by atoms with van der Waals surface area (Å²) in [5.41, 5.74) is -1.87. The molecule has 1 atom stereocenters. The molecule has 0 saturated carbocycles. The quantitative estimate of drug-likeness (QED) is 0.753. The molecule has 0 saturated heterocycles. The zero-order chi connectivity index (χ0) is 12.3. The van der Waals surface area contributed by atoms with Gasteiger partial charge in [-0.15, -0.1) is 0 Å². The van der Waals surface area contributed by atoms with Crippen LogP contribution in [0.4, 0.5) is 13.2 Å². The highest BCUT2D eigenvalue weighted by Gasteiger charge is 2.39. The van der Waals surface area contributed by atoms with Gasteiger partial charge in [-0.2, -0.15) is 13.2 Å². The van der Waals surface area contributed by atoms with Crippen LogP contribution in [0.2, 0.25) is 0 Å². The molecule has 0 aromatic heterocycles. The van der Waals surface area contributed by atoms with Gasteiger partial charge >= 0.3 is 18.1 Å². The summed E-state index contributed by atoms with van der Waals surface area (Å²) in [6.07, 6.45) is -7.34. The standard InChI is InChI=1S/C8H11F3O4/c1-7(6(14)15,4-5(12)13)2-3-8(9,10)11/h2-4H2,1H3,(H,12,13)(H,14,15).